The lowest BCUT2D eigenvalue weighted by Gasteiger charge is -2.07. The number of nitrogens with zero attached hydrogens (tertiary/aromatic N) is 2. The Morgan fingerprint density at radius 1 is 1.00 bits per heavy atom. The number of carbonyl (C=O) groups excluding carboxylic acids is 2. The van der Waals surface area contributed by atoms with E-state index in [0.29, 0.717) is 11.3 Å². The van der Waals surface area contributed by atoms with Crippen LogP contribution in [0.5, 0.6) is 5.75 Å². The lowest BCUT2D eigenvalue weighted by atomic mass is 10.2. The van der Waals surface area contributed by atoms with Crippen LogP contribution in [0, 0.1) is 5.82 Å². The van der Waals surface area contributed by atoms with Crippen molar-refractivity contribution in [3.63, 3.8) is 0 Å². The third-order valence-corrected chi connectivity index (χ3v) is 4.76. The van der Waals surface area contributed by atoms with Crippen LogP contribution in [0.25, 0.3) is 10.9 Å². The van der Waals surface area contributed by atoms with E-state index in [1.54, 1.807) is 10.8 Å². The van der Waals surface area contributed by atoms with Crippen molar-refractivity contribution in [2.75, 3.05) is 5.32 Å². The first kappa shape index (κ1) is 20.8. The molecule has 1 aromatic heterocycles. The summed E-state index contributed by atoms with van der Waals surface area (Å²) in [5.74, 6) is -0.979. The molecule has 2 amide bonds. The molecule has 0 fully saturated rings. The van der Waals surface area contributed by atoms with E-state index in [-0.39, 0.29) is 24.0 Å². The number of amides is 2. The number of anilines is 1. The normalized spacial score (nSPS) is 11.0. The van der Waals surface area contributed by atoms with E-state index in [0.717, 1.165) is 16.5 Å². The van der Waals surface area contributed by atoms with Gasteiger partial charge >= 0.3 is 0 Å². The molecule has 0 saturated heterocycles. The average molecular weight is 430 g/mol. The van der Waals surface area contributed by atoms with Crippen molar-refractivity contribution < 1.29 is 19.1 Å². The van der Waals surface area contributed by atoms with Gasteiger partial charge in [0.05, 0.1) is 6.21 Å². The van der Waals surface area contributed by atoms with Gasteiger partial charge in [-0.15, -0.1) is 0 Å². The molecule has 0 aliphatic rings. The van der Waals surface area contributed by atoms with Crippen LogP contribution in [-0.4, -0.2) is 27.7 Å². The molecule has 0 aliphatic carbocycles. The van der Waals surface area contributed by atoms with Gasteiger partial charge in [0.25, 0.3) is 5.91 Å². The third kappa shape index (κ3) is 4.81. The fourth-order valence-electron chi connectivity index (χ4n) is 3.24. The lowest BCUT2D eigenvalue weighted by Crippen LogP contribution is -2.18. The van der Waals surface area contributed by atoms with Gasteiger partial charge in [0.15, 0.2) is 0 Å². The van der Waals surface area contributed by atoms with E-state index in [4.69, 9.17) is 0 Å². The summed E-state index contributed by atoms with van der Waals surface area (Å²) in [4.78, 5) is 24.6. The molecule has 4 rings (SSSR count). The highest BCUT2D eigenvalue weighted by Gasteiger charge is 2.11. The molecule has 8 heteroatoms. The minimum atomic E-state index is -0.413. The number of fused-ring (bicyclic) bond motifs is 1. The largest absolute Gasteiger partial charge is 0.508 e. The molecule has 0 bridgehead atoms. The number of aromatic hydroxyl groups is 1. The summed E-state index contributed by atoms with van der Waals surface area (Å²) >= 11 is 0. The Labute approximate surface area is 182 Å². The van der Waals surface area contributed by atoms with E-state index in [2.05, 4.69) is 15.8 Å². The number of rotatable bonds is 6. The smallest absolute Gasteiger partial charge is 0.271 e. The SMILES string of the molecule is O=C(Cn1cc(/C=N/NC(=O)c2ccc(O)cc2)c2ccccc21)Nc1ccc(F)cc1. The Bertz CT molecular complexity index is 1300. The molecule has 7 nitrogen and oxygen atoms in total. The predicted molar refractivity (Wildman–Crippen MR) is 120 cm³/mol. The Hall–Kier alpha value is -4.46. The lowest BCUT2D eigenvalue weighted by molar-refractivity contribution is -0.116. The molecule has 0 unspecified atom stereocenters. The first-order valence-corrected chi connectivity index (χ1v) is 9.75. The van der Waals surface area contributed by atoms with Crippen LogP contribution in [0.15, 0.2) is 84.1 Å². The van der Waals surface area contributed by atoms with Crippen molar-refractivity contribution in [3.8, 4) is 5.75 Å². The number of hydrogen-bond donors (Lipinski definition) is 3. The van der Waals surface area contributed by atoms with E-state index >= 15 is 0 Å². The zero-order valence-electron chi connectivity index (χ0n) is 16.8. The number of halogens is 1. The maximum absolute atomic E-state index is 13.0. The quantitative estimate of drug-likeness (QED) is 0.320. The van der Waals surface area contributed by atoms with E-state index in [1.807, 2.05) is 24.3 Å². The number of nitrogens with one attached hydrogen (secondary N) is 2. The van der Waals surface area contributed by atoms with Crippen molar-refractivity contribution in [1.82, 2.24) is 9.99 Å². The number of carbonyl (C=O) groups is 2. The van der Waals surface area contributed by atoms with Crippen molar-refractivity contribution >= 4 is 34.6 Å². The predicted octanol–water partition coefficient (Wildman–Crippen LogP) is 3.89. The van der Waals surface area contributed by atoms with Crippen LogP contribution in [0.1, 0.15) is 15.9 Å². The summed E-state index contributed by atoms with van der Waals surface area (Å²) < 4.78 is 14.8. The van der Waals surface area contributed by atoms with Gasteiger partial charge in [-0.2, -0.15) is 5.10 Å². The number of benzene rings is 3. The highest BCUT2D eigenvalue weighted by atomic mass is 19.1. The van der Waals surface area contributed by atoms with Gasteiger partial charge in [0.1, 0.15) is 18.1 Å². The first-order chi connectivity index (χ1) is 15.5. The number of para-hydroxylation sites is 1. The summed E-state index contributed by atoms with van der Waals surface area (Å²) in [6.07, 6.45) is 3.28. The molecule has 3 aromatic carbocycles. The second-order valence-electron chi connectivity index (χ2n) is 7.03. The summed E-state index contributed by atoms with van der Waals surface area (Å²) in [7, 11) is 0. The highest BCUT2D eigenvalue weighted by Crippen LogP contribution is 2.20. The molecule has 160 valence electrons. The average Bonchev–Trinajstić information content (AvgIpc) is 3.13. The van der Waals surface area contributed by atoms with Crippen LogP contribution in [-0.2, 0) is 11.3 Å². The number of hydrazone groups is 1. The molecular weight excluding hydrogens is 411 g/mol. The first-order valence-electron chi connectivity index (χ1n) is 9.75. The van der Waals surface area contributed by atoms with E-state index in [9.17, 15) is 19.1 Å². The van der Waals surface area contributed by atoms with E-state index < -0.39 is 5.91 Å². The van der Waals surface area contributed by atoms with Gasteiger partial charge in [0, 0.05) is 33.9 Å². The topological polar surface area (TPSA) is 95.7 Å². The monoisotopic (exact) mass is 430 g/mol. The molecule has 0 saturated carbocycles. The Kier molecular flexibility index (Phi) is 5.94. The molecule has 1 heterocycles. The third-order valence-electron chi connectivity index (χ3n) is 4.76. The fourth-order valence-corrected chi connectivity index (χ4v) is 3.24. The maximum atomic E-state index is 13.0. The summed E-state index contributed by atoms with van der Waals surface area (Å²) in [6, 6.07) is 18.9. The number of phenolic OH excluding ortho intramolecular Hbond substituents is 1. The van der Waals surface area contributed by atoms with Crippen molar-refractivity contribution in [2.24, 2.45) is 5.10 Å². The molecule has 0 radical (unpaired) electrons. The number of phenols is 1. The second kappa shape index (κ2) is 9.13. The van der Waals surface area contributed by atoms with Crippen LogP contribution in [0.2, 0.25) is 0 Å². The van der Waals surface area contributed by atoms with Crippen LogP contribution in [0.3, 0.4) is 0 Å². The Balaban J connectivity index is 1.48. The summed E-state index contributed by atoms with van der Waals surface area (Å²) in [5.41, 5.74) is 4.87. The minimum absolute atomic E-state index is 0.0472. The minimum Gasteiger partial charge on any atom is -0.508 e. The maximum Gasteiger partial charge on any atom is 0.271 e. The molecule has 3 N–H and O–H groups in total. The van der Waals surface area contributed by atoms with Crippen molar-refractivity contribution in [3.05, 3.63) is 95.9 Å². The zero-order chi connectivity index (χ0) is 22.5. The van der Waals surface area contributed by atoms with Crippen LogP contribution >= 0.6 is 0 Å². The van der Waals surface area contributed by atoms with Gasteiger partial charge in [0.2, 0.25) is 5.91 Å². The molecule has 32 heavy (non-hydrogen) atoms. The van der Waals surface area contributed by atoms with Crippen molar-refractivity contribution in [1.29, 1.82) is 0 Å². The van der Waals surface area contributed by atoms with Crippen molar-refractivity contribution in [2.45, 2.75) is 6.54 Å². The number of aromatic nitrogens is 1. The summed E-state index contributed by atoms with van der Waals surface area (Å²) in [6.45, 7) is 0.0472. The standard InChI is InChI=1S/C24H19FN4O3/c25-18-7-9-19(10-8-18)27-23(31)15-29-14-17(21-3-1-2-4-22(21)29)13-26-28-24(32)16-5-11-20(30)12-6-16/h1-14,30H,15H2,(H,27,31)(H,28,32)/b26-13+. The molecule has 0 aliphatic heterocycles. The Morgan fingerprint density at radius 3 is 2.47 bits per heavy atom. The van der Waals surface area contributed by atoms with E-state index in [1.165, 1.54) is 54.7 Å². The molecule has 0 atom stereocenters. The van der Waals surface area contributed by atoms with Gasteiger partial charge in [-0.25, -0.2) is 9.82 Å². The molecule has 0 spiro atoms. The molecule has 4 aromatic rings. The van der Waals surface area contributed by atoms with Crippen LogP contribution < -0.4 is 10.7 Å². The summed E-state index contributed by atoms with van der Waals surface area (Å²) in [5, 5.41) is 16.9. The van der Waals surface area contributed by atoms with Gasteiger partial charge < -0.3 is 15.0 Å². The van der Waals surface area contributed by atoms with Crippen LogP contribution in [0.4, 0.5) is 10.1 Å². The Morgan fingerprint density at radius 2 is 1.72 bits per heavy atom. The number of hydrogen-bond acceptors (Lipinski definition) is 4. The van der Waals surface area contributed by atoms with Gasteiger partial charge in [-0.05, 0) is 54.6 Å². The zero-order valence-corrected chi connectivity index (χ0v) is 16.8. The second-order valence-corrected chi connectivity index (χ2v) is 7.03. The highest BCUT2D eigenvalue weighted by molar-refractivity contribution is 6.01. The fraction of sp³-hybridized carbons (Fsp3) is 0.0417. The van der Waals surface area contributed by atoms with Gasteiger partial charge in [-0.3, -0.25) is 9.59 Å². The van der Waals surface area contributed by atoms with Gasteiger partial charge in [-0.1, -0.05) is 18.2 Å². The molecular formula is C24H19FN4O3.